The van der Waals surface area contributed by atoms with Gasteiger partial charge in [0.2, 0.25) is 0 Å². The van der Waals surface area contributed by atoms with Crippen molar-refractivity contribution in [1.82, 2.24) is 18.9 Å². The van der Waals surface area contributed by atoms with E-state index in [9.17, 15) is 0 Å². The normalized spacial score (nSPS) is 17.0. The van der Waals surface area contributed by atoms with Crippen LogP contribution in [0, 0.1) is 6.57 Å². The Morgan fingerprint density at radius 2 is 2.22 bits per heavy atom. The number of aromatic nitrogens is 4. The molecule has 1 aromatic carbocycles. The number of fused-ring (bicyclic) bond motifs is 2. The van der Waals surface area contributed by atoms with E-state index in [1.807, 2.05) is 18.2 Å². The van der Waals surface area contributed by atoms with E-state index in [0.29, 0.717) is 0 Å². The van der Waals surface area contributed by atoms with E-state index in [4.69, 9.17) is 6.57 Å². The van der Waals surface area contributed by atoms with Crippen LogP contribution in [0.5, 0.6) is 0 Å². The molecule has 1 atom stereocenters. The molecule has 0 amide bonds. The van der Waals surface area contributed by atoms with Crippen molar-refractivity contribution in [3.63, 3.8) is 0 Å². The van der Waals surface area contributed by atoms with E-state index >= 15 is 0 Å². The molecule has 0 radical (unpaired) electrons. The predicted molar refractivity (Wildman–Crippen MR) is 90.0 cm³/mol. The first-order valence-electron chi connectivity index (χ1n) is 7.45. The zero-order chi connectivity index (χ0) is 15.8. The molecule has 0 fully saturated rings. The third-order valence-corrected chi connectivity index (χ3v) is 4.63. The monoisotopic (exact) mass is 322 g/mol. The van der Waals surface area contributed by atoms with Crippen molar-refractivity contribution in [3.05, 3.63) is 58.3 Å². The van der Waals surface area contributed by atoms with Gasteiger partial charge in [-0.3, -0.25) is 5.10 Å². The summed E-state index contributed by atoms with van der Waals surface area (Å²) in [6, 6.07) is 5.96. The predicted octanol–water partition coefficient (Wildman–Crippen LogP) is 3.90. The minimum atomic E-state index is -0.156. The van der Waals surface area contributed by atoms with Gasteiger partial charge >= 0.3 is 0 Å². The van der Waals surface area contributed by atoms with E-state index in [0.717, 1.165) is 52.2 Å². The Labute approximate surface area is 137 Å². The van der Waals surface area contributed by atoms with Crippen molar-refractivity contribution < 1.29 is 0 Å². The number of H-pyrrole nitrogens is 1. The highest BCUT2D eigenvalue weighted by molar-refractivity contribution is 7.00. The maximum atomic E-state index is 7.71. The number of benzene rings is 1. The quantitative estimate of drug-likeness (QED) is 0.717. The van der Waals surface area contributed by atoms with Gasteiger partial charge in [0.15, 0.2) is 5.70 Å². The van der Waals surface area contributed by atoms with Crippen LogP contribution in [0.25, 0.3) is 15.9 Å². The fourth-order valence-corrected chi connectivity index (χ4v) is 3.66. The summed E-state index contributed by atoms with van der Waals surface area (Å²) in [5, 5.41) is 10.5. The van der Waals surface area contributed by atoms with Crippen molar-refractivity contribution in [2.24, 2.45) is 0 Å². The van der Waals surface area contributed by atoms with Gasteiger partial charge in [-0.15, -0.1) is 0 Å². The highest BCUT2D eigenvalue weighted by Crippen LogP contribution is 2.43. The molecule has 0 saturated carbocycles. The zero-order valence-corrected chi connectivity index (χ0v) is 13.3. The number of nitrogens with one attached hydrogen (secondary N) is 2. The standard InChI is InChI=1S/C16H14N6S/c1-3-5-11-15(17-2)13(10-8-18-20-16(10)19-11)9-6-4-7-12-14(9)22-23-21-12/h4,6-8,13H,3,5H2,1H3,(H2,18,19,20). The van der Waals surface area contributed by atoms with Crippen LogP contribution in [0.2, 0.25) is 0 Å². The molecule has 2 N–H and O–H groups in total. The number of hydrogen-bond acceptors (Lipinski definition) is 5. The van der Waals surface area contributed by atoms with E-state index < -0.39 is 0 Å². The van der Waals surface area contributed by atoms with Gasteiger partial charge in [0.1, 0.15) is 16.9 Å². The van der Waals surface area contributed by atoms with Gasteiger partial charge in [-0.2, -0.15) is 13.8 Å². The first-order valence-corrected chi connectivity index (χ1v) is 8.18. The maximum absolute atomic E-state index is 7.71. The molecule has 23 heavy (non-hydrogen) atoms. The largest absolute Gasteiger partial charge is 0.354 e. The van der Waals surface area contributed by atoms with Crippen LogP contribution in [0.4, 0.5) is 5.82 Å². The number of allylic oxidation sites excluding steroid dienone is 2. The minimum absolute atomic E-state index is 0.156. The molecule has 0 saturated heterocycles. The molecule has 1 aliphatic rings. The maximum Gasteiger partial charge on any atom is 0.196 e. The number of hydrogen-bond donors (Lipinski definition) is 2. The second-order valence-corrected chi connectivity index (χ2v) is 5.99. The van der Waals surface area contributed by atoms with Crippen LogP contribution in [-0.4, -0.2) is 18.9 Å². The number of rotatable bonds is 3. The molecule has 0 spiro atoms. The molecular weight excluding hydrogens is 308 g/mol. The van der Waals surface area contributed by atoms with Crippen molar-refractivity contribution in [2.75, 3.05) is 5.32 Å². The van der Waals surface area contributed by atoms with Crippen LogP contribution >= 0.6 is 11.7 Å². The van der Waals surface area contributed by atoms with Gasteiger partial charge in [-0.1, -0.05) is 25.5 Å². The number of aromatic amines is 1. The molecule has 114 valence electrons. The summed E-state index contributed by atoms with van der Waals surface area (Å²) < 4.78 is 8.77. The molecule has 4 rings (SSSR count). The van der Waals surface area contributed by atoms with Crippen molar-refractivity contribution in [2.45, 2.75) is 25.7 Å². The van der Waals surface area contributed by atoms with Gasteiger partial charge in [-0.05, 0) is 18.1 Å². The lowest BCUT2D eigenvalue weighted by molar-refractivity contribution is 0.847. The summed E-state index contributed by atoms with van der Waals surface area (Å²) in [7, 11) is 0. The second-order valence-electron chi connectivity index (χ2n) is 5.46. The van der Waals surface area contributed by atoms with Crippen molar-refractivity contribution >= 4 is 28.6 Å². The summed E-state index contributed by atoms with van der Waals surface area (Å²) >= 11 is 1.20. The Morgan fingerprint density at radius 1 is 1.30 bits per heavy atom. The van der Waals surface area contributed by atoms with Gasteiger partial charge in [-0.25, -0.2) is 4.85 Å². The zero-order valence-electron chi connectivity index (χ0n) is 12.5. The van der Waals surface area contributed by atoms with Gasteiger partial charge in [0.25, 0.3) is 0 Å². The highest BCUT2D eigenvalue weighted by Gasteiger charge is 2.32. The Kier molecular flexibility index (Phi) is 3.32. The van der Waals surface area contributed by atoms with Crippen molar-refractivity contribution in [1.29, 1.82) is 0 Å². The topological polar surface area (TPSA) is 70.8 Å². The lowest BCUT2D eigenvalue weighted by Gasteiger charge is -2.26. The summed E-state index contributed by atoms with van der Waals surface area (Å²) in [5.74, 6) is 0.711. The number of nitrogens with zero attached hydrogens (tertiary/aromatic N) is 4. The molecule has 1 aliphatic heterocycles. The fourth-order valence-electron chi connectivity index (χ4n) is 3.10. The summed E-state index contributed by atoms with van der Waals surface area (Å²) in [6.45, 7) is 9.82. The van der Waals surface area contributed by atoms with Gasteiger partial charge in [0, 0.05) is 11.3 Å². The SMILES string of the molecule is [C-]#[N+]C1=C(CCC)Nc2[nH]ncc2C1c1cccc2nsnc12. The van der Waals surface area contributed by atoms with E-state index in [1.54, 1.807) is 6.20 Å². The second kappa shape index (κ2) is 5.48. The first-order chi connectivity index (χ1) is 11.3. The van der Waals surface area contributed by atoms with Crippen LogP contribution in [-0.2, 0) is 0 Å². The van der Waals surface area contributed by atoms with Crippen LogP contribution in [0.3, 0.4) is 0 Å². The Bertz CT molecular complexity index is 945. The molecule has 1 unspecified atom stereocenters. The molecule has 2 aromatic heterocycles. The van der Waals surface area contributed by atoms with Gasteiger partial charge in [0.05, 0.1) is 30.4 Å². The average Bonchev–Trinajstić information content (AvgIpc) is 3.22. The molecular formula is C16H14N6S. The van der Waals surface area contributed by atoms with Crippen LogP contribution in [0.1, 0.15) is 36.8 Å². The third-order valence-electron chi connectivity index (χ3n) is 4.09. The number of anilines is 1. The molecule has 3 aromatic rings. The molecule has 7 heteroatoms. The lowest BCUT2D eigenvalue weighted by atomic mass is 9.85. The Balaban J connectivity index is 1.98. The Hall–Kier alpha value is -2.72. The minimum Gasteiger partial charge on any atom is -0.354 e. The van der Waals surface area contributed by atoms with E-state index in [-0.39, 0.29) is 5.92 Å². The molecule has 0 bridgehead atoms. The fraction of sp³-hybridized carbons (Fsp3) is 0.250. The highest BCUT2D eigenvalue weighted by atomic mass is 32.1. The molecule has 0 aliphatic carbocycles. The Morgan fingerprint density at radius 3 is 3.04 bits per heavy atom. The summed E-state index contributed by atoms with van der Waals surface area (Å²) in [5.41, 5.74) is 5.42. The van der Waals surface area contributed by atoms with E-state index in [2.05, 4.69) is 36.0 Å². The van der Waals surface area contributed by atoms with Gasteiger partial charge < -0.3 is 5.32 Å². The van der Waals surface area contributed by atoms with Crippen LogP contribution in [0.15, 0.2) is 35.8 Å². The molecule has 6 nitrogen and oxygen atoms in total. The van der Waals surface area contributed by atoms with Crippen molar-refractivity contribution in [3.8, 4) is 0 Å². The first kappa shape index (κ1) is 13.9. The average molecular weight is 322 g/mol. The summed E-state index contributed by atoms with van der Waals surface area (Å²) in [6.07, 6.45) is 3.59. The van der Waals surface area contributed by atoms with E-state index in [1.165, 1.54) is 11.7 Å². The smallest absolute Gasteiger partial charge is 0.196 e. The lowest BCUT2D eigenvalue weighted by Crippen LogP contribution is -2.17. The molecule has 3 heterocycles. The third kappa shape index (κ3) is 2.11. The van der Waals surface area contributed by atoms with Crippen LogP contribution < -0.4 is 5.32 Å². The summed E-state index contributed by atoms with van der Waals surface area (Å²) in [4.78, 5) is 3.86.